The standard InChI is InChI=1S/C12H20N2O3/c1-2-17-12(16)9(7-13)8-14-10-5-3-4-6-11(10)15/h7-8,10-11,15H,2-6,13H2,1H3/b9-7+,14-8?/t10-,11+/m1/s1. The van der Waals surface area contributed by atoms with Gasteiger partial charge in [-0.3, -0.25) is 4.99 Å². The van der Waals surface area contributed by atoms with Crippen molar-refractivity contribution in [2.45, 2.75) is 44.8 Å². The molecule has 1 aliphatic carbocycles. The van der Waals surface area contributed by atoms with Crippen LogP contribution in [0.4, 0.5) is 0 Å². The van der Waals surface area contributed by atoms with Crippen LogP contribution >= 0.6 is 0 Å². The number of aliphatic imine (C=N–C) groups is 1. The molecular formula is C12H20N2O3. The Hall–Kier alpha value is -1.36. The lowest BCUT2D eigenvalue weighted by Gasteiger charge is -2.23. The first-order valence-corrected chi connectivity index (χ1v) is 5.99. The summed E-state index contributed by atoms with van der Waals surface area (Å²) in [7, 11) is 0. The van der Waals surface area contributed by atoms with Crippen molar-refractivity contribution < 1.29 is 14.6 Å². The summed E-state index contributed by atoms with van der Waals surface area (Å²) in [4.78, 5) is 15.6. The Kier molecular flexibility index (Phi) is 5.69. The number of carbonyl (C=O) groups is 1. The monoisotopic (exact) mass is 240 g/mol. The van der Waals surface area contributed by atoms with E-state index in [0.29, 0.717) is 6.61 Å². The average molecular weight is 240 g/mol. The van der Waals surface area contributed by atoms with Crippen LogP contribution in [0.3, 0.4) is 0 Å². The van der Waals surface area contributed by atoms with Gasteiger partial charge in [0.05, 0.1) is 24.3 Å². The van der Waals surface area contributed by atoms with Crippen LogP contribution in [0.1, 0.15) is 32.6 Å². The molecule has 2 atom stereocenters. The normalized spacial score (nSPS) is 26.1. The number of ether oxygens (including phenoxy) is 1. The fourth-order valence-corrected chi connectivity index (χ4v) is 1.82. The number of rotatable bonds is 4. The molecule has 17 heavy (non-hydrogen) atoms. The fourth-order valence-electron chi connectivity index (χ4n) is 1.82. The predicted octanol–water partition coefficient (Wildman–Crippen LogP) is 0.766. The minimum absolute atomic E-state index is 0.131. The molecule has 96 valence electrons. The van der Waals surface area contributed by atoms with Gasteiger partial charge in [-0.1, -0.05) is 12.8 Å². The Morgan fingerprint density at radius 1 is 1.53 bits per heavy atom. The minimum Gasteiger partial charge on any atom is -0.462 e. The highest BCUT2D eigenvalue weighted by Gasteiger charge is 2.21. The summed E-state index contributed by atoms with van der Waals surface area (Å²) in [5.74, 6) is -0.482. The van der Waals surface area contributed by atoms with Gasteiger partial charge in [-0.2, -0.15) is 0 Å². The number of hydrogen-bond donors (Lipinski definition) is 2. The van der Waals surface area contributed by atoms with Crippen LogP contribution in [0.15, 0.2) is 16.8 Å². The van der Waals surface area contributed by atoms with E-state index in [1.807, 2.05) is 0 Å². The number of aliphatic hydroxyl groups excluding tert-OH is 1. The summed E-state index contributed by atoms with van der Waals surface area (Å²) < 4.78 is 4.82. The average Bonchev–Trinajstić information content (AvgIpc) is 2.32. The van der Waals surface area contributed by atoms with Crippen molar-refractivity contribution in [3.05, 3.63) is 11.8 Å². The smallest absolute Gasteiger partial charge is 0.341 e. The van der Waals surface area contributed by atoms with E-state index in [0.717, 1.165) is 25.7 Å². The first-order chi connectivity index (χ1) is 8.19. The summed E-state index contributed by atoms with van der Waals surface area (Å²) >= 11 is 0. The van der Waals surface area contributed by atoms with Crippen molar-refractivity contribution in [1.82, 2.24) is 0 Å². The fraction of sp³-hybridized carbons (Fsp3) is 0.667. The van der Waals surface area contributed by atoms with E-state index < -0.39 is 12.1 Å². The Morgan fingerprint density at radius 2 is 2.24 bits per heavy atom. The molecule has 0 saturated heterocycles. The zero-order valence-corrected chi connectivity index (χ0v) is 10.1. The summed E-state index contributed by atoms with van der Waals surface area (Å²) in [6, 6.07) is -0.131. The van der Waals surface area contributed by atoms with Crippen LogP contribution in [0.25, 0.3) is 0 Å². The minimum atomic E-state index is -0.482. The zero-order valence-electron chi connectivity index (χ0n) is 10.1. The van der Waals surface area contributed by atoms with Gasteiger partial charge in [0.25, 0.3) is 0 Å². The number of esters is 1. The molecular weight excluding hydrogens is 220 g/mol. The van der Waals surface area contributed by atoms with Crippen molar-refractivity contribution in [3.8, 4) is 0 Å². The first kappa shape index (κ1) is 13.7. The second-order valence-corrected chi connectivity index (χ2v) is 4.04. The lowest BCUT2D eigenvalue weighted by Crippen LogP contribution is -2.28. The highest BCUT2D eigenvalue weighted by atomic mass is 16.5. The molecule has 5 heteroatoms. The van der Waals surface area contributed by atoms with Crippen LogP contribution in [-0.2, 0) is 9.53 Å². The Bertz CT molecular complexity index is 313. The Balaban J connectivity index is 2.58. The Morgan fingerprint density at radius 3 is 2.82 bits per heavy atom. The predicted molar refractivity (Wildman–Crippen MR) is 65.7 cm³/mol. The molecule has 0 unspecified atom stereocenters. The maximum absolute atomic E-state index is 11.4. The van der Waals surface area contributed by atoms with Gasteiger partial charge in [0.15, 0.2) is 0 Å². The number of nitrogens with zero attached hydrogens (tertiary/aromatic N) is 1. The lowest BCUT2D eigenvalue weighted by atomic mass is 9.93. The topological polar surface area (TPSA) is 84.9 Å². The molecule has 0 aliphatic heterocycles. The number of nitrogens with two attached hydrogens (primary N) is 1. The zero-order chi connectivity index (χ0) is 12.7. The van der Waals surface area contributed by atoms with Gasteiger partial charge in [-0.05, 0) is 19.8 Å². The molecule has 0 radical (unpaired) electrons. The van der Waals surface area contributed by atoms with Crippen molar-refractivity contribution in [2.75, 3.05) is 6.61 Å². The van der Waals surface area contributed by atoms with Gasteiger partial charge in [-0.15, -0.1) is 0 Å². The highest BCUT2D eigenvalue weighted by molar-refractivity contribution is 6.09. The molecule has 0 aromatic rings. The maximum atomic E-state index is 11.4. The number of carbonyl (C=O) groups excluding carboxylic acids is 1. The van der Waals surface area contributed by atoms with Crippen molar-refractivity contribution >= 4 is 12.2 Å². The quantitative estimate of drug-likeness (QED) is 0.432. The van der Waals surface area contributed by atoms with Crippen molar-refractivity contribution in [2.24, 2.45) is 10.7 Å². The number of hydrogen-bond acceptors (Lipinski definition) is 5. The molecule has 0 aromatic carbocycles. The molecule has 1 saturated carbocycles. The molecule has 3 N–H and O–H groups in total. The first-order valence-electron chi connectivity index (χ1n) is 5.99. The van der Waals surface area contributed by atoms with E-state index in [-0.39, 0.29) is 11.6 Å². The molecule has 1 aliphatic rings. The molecule has 1 rings (SSSR count). The van der Waals surface area contributed by atoms with Crippen molar-refractivity contribution in [3.63, 3.8) is 0 Å². The molecule has 0 bridgehead atoms. The second-order valence-electron chi connectivity index (χ2n) is 4.04. The second kappa shape index (κ2) is 7.06. The van der Waals surface area contributed by atoms with Gasteiger partial charge in [0.1, 0.15) is 0 Å². The van der Waals surface area contributed by atoms with E-state index in [9.17, 15) is 9.90 Å². The lowest BCUT2D eigenvalue weighted by molar-refractivity contribution is -0.137. The van der Waals surface area contributed by atoms with Gasteiger partial charge in [0, 0.05) is 12.4 Å². The molecule has 1 fully saturated rings. The maximum Gasteiger partial charge on any atom is 0.341 e. The summed E-state index contributed by atoms with van der Waals surface area (Å²) in [6.45, 7) is 2.03. The van der Waals surface area contributed by atoms with Crippen LogP contribution in [-0.4, -0.2) is 36.0 Å². The third-order valence-electron chi connectivity index (χ3n) is 2.79. The third kappa shape index (κ3) is 4.19. The van der Waals surface area contributed by atoms with E-state index >= 15 is 0 Å². The van der Waals surface area contributed by atoms with E-state index in [4.69, 9.17) is 10.5 Å². The molecule has 5 nitrogen and oxygen atoms in total. The molecule has 0 heterocycles. The summed E-state index contributed by atoms with van der Waals surface area (Å²) in [5.41, 5.74) is 5.56. The van der Waals surface area contributed by atoms with Crippen LogP contribution in [0, 0.1) is 0 Å². The van der Waals surface area contributed by atoms with Crippen LogP contribution < -0.4 is 5.73 Å². The van der Waals surface area contributed by atoms with Crippen LogP contribution in [0.5, 0.6) is 0 Å². The van der Waals surface area contributed by atoms with Gasteiger partial charge in [-0.25, -0.2) is 4.79 Å². The molecule has 0 aromatic heterocycles. The molecule has 0 amide bonds. The summed E-state index contributed by atoms with van der Waals surface area (Å²) in [6.07, 6.45) is 5.86. The van der Waals surface area contributed by atoms with E-state index in [2.05, 4.69) is 4.99 Å². The highest BCUT2D eigenvalue weighted by Crippen LogP contribution is 2.20. The molecule has 0 spiro atoms. The SMILES string of the molecule is CCOC(=O)/C(C=N[C@@H]1CCCC[C@@H]1O)=C/N. The summed E-state index contributed by atoms with van der Waals surface area (Å²) in [5, 5.41) is 9.72. The van der Waals surface area contributed by atoms with Crippen LogP contribution in [0.2, 0.25) is 0 Å². The van der Waals surface area contributed by atoms with Crippen molar-refractivity contribution in [1.29, 1.82) is 0 Å². The van der Waals surface area contributed by atoms with E-state index in [1.54, 1.807) is 6.92 Å². The van der Waals surface area contributed by atoms with Gasteiger partial charge in [0.2, 0.25) is 0 Å². The third-order valence-corrected chi connectivity index (χ3v) is 2.79. The largest absolute Gasteiger partial charge is 0.462 e. The van der Waals surface area contributed by atoms with Gasteiger partial charge < -0.3 is 15.6 Å². The number of aliphatic hydroxyl groups is 1. The van der Waals surface area contributed by atoms with E-state index in [1.165, 1.54) is 12.4 Å². The van der Waals surface area contributed by atoms with Gasteiger partial charge >= 0.3 is 5.97 Å². The Labute approximate surface area is 101 Å².